The molecule has 0 atom stereocenters. The van der Waals surface area contributed by atoms with E-state index < -0.39 is 22.4 Å². The summed E-state index contributed by atoms with van der Waals surface area (Å²) in [5, 5.41) is 17.4. The maximum Gasteiger partial charge on any atom is 0.321 e. The minimum atomic E-state index is -1.81. The van der Waals surface area contributed by atoms with Crippen LogP contribution >= 0.6 is 0 Å². The summed E-state index contributed by atoms with van der Waals surface area (Å²) in [7, 11) is 0. The molecule has 0 rings (SSSR count). The Balaban J connectivity index is 4.90. The van der Waals surface area contributed by atoms with Crippen LogP contribution in [0, 0.1) is 15.5 Å². The van der Waals surface area contributed by atoms with Crippen LogP contribution in [0.2, 0.25) is 0 Å². The topological polar surface area (TPSA) is 107 Å². The number of nitrogens with zero attached hydrogens (tertiary/aromatic N) is 1. The van der Waals surface area contributed by atoms with Gasteiger partial charge in [0, 0.05) is 0 Å². The van der Waals surface area contributed by atoms with E-state index in [9.17, 15) is 19.7 Å². The van der Waals surface area contributed by atoms with Crippen molar-refractivity contribution in [2.75, 3.05) is 0 Å². The number of carbonyl (C=O) groups excluding carboxylic acids is 1. The lowest BCUT2D eigenvalue weighted by atomic mass is 9.83. The molecular formula is C7H11NO6. The minimum absolute atomic E-state index is 0.0501. The molecule has 7 heteroatoms. The second-order valence-electron chi connectivity index (χ2n) is 2.70. The number of carboxylic acids is 1. The second kappa shape index (κ2) is 4.54. The number of hydrogen-bond acceptors (Lipinski definition) is 5. The Labute approximate surface area is 79.8 Å². The van der Waals surface area contributed by atoms with E-state index >= 15 is 0 Å². The lowest BCUT2D eigenvalue weighted by Gasteiger charge is -2.22. The third kappa shape index (κ3) is 2.18. The van der Waals surface area contributed by atoms with Crippen LogP contribution in [0.3, 0.4) is 0 Å². The summed E-state index contributed by atoms with van der Waals surface area (Å²) in [6.07, 6.45) is -0.100. The van der Waals surface area contributed by atoms with Gasteiger partial charge in [-0.3, -0.25) is 9.59 Å². The Morgan fingerprint density at radius 2 is 1.86 bits per heavy atom. The van der Waals surface area contributed by atoms with Crippen molar-refractivity contribution in [1.82, 2.24) is 0 Å². The van der Waals surface area contributed by atoms with Crippen molar-refractivity contribution < 1.29 is 24.6 Å². The largest absolute Gasteiger partial charge is 0.480 e. The van der Waals surface area contributed by atoms with E-state index in [2.05, 4.69) is 4.84 Å². The standard InChI is InChI=1S/C7H11NO6/c1-3-7(4-2,5(9)10)6(11)14-8(12)13/h3-4H2,1-2H3,(H,9,10). The molecule has 0 aliphatic heterocycles. The van der Waals surface area contributed by atoms with E-state index in [0.29, 0.717) is 0 Å². The molecule has 80 valence electrons. The van der Waals surface area contributed by atoms with Gasteiger partial charge in [0.15, 0.2) is 5.41 Å². The van der Waals surface area contributed by atoms with Crippen LogP contribution in [-0.4, -0.2) is 22.1 Å². The van der Waals surface area contributed by atoms with Crippen LogP contribution in [0.15, 0.2) is 0 Å². The SMILES string of the molecule is CCC(CC)(C(=O)O)C(=O)O[N+](=O)[O-]. The van der Waals surface area contributed by atoms with E-state index in [1.54, 1.807) is 0 Å². The third-order valence-corrected chi connectivity index (χ3v) is 2.16. The summed E-state index contributed by atoms with van der Waals surface area (Å²) in [5.74, 6) is -2.74. The van der Waals surface area contributed by atoms with E-state index in [-0.39, 0.29) is 12.8 Å². The molecular weight excluding hydrogens is 194 g/mol. The fourth-order valence-corrected chi connectivity index (χ4v) is 1.08. The van der Waals surface area contributed by atoms with Gasteiger partial charge in [0.1, 0.15) is 0 Å². The number of carbonyl (C=O) groups is 2. The molecule has 0 aromatic carbocycles. The zero-order valence-electron chi connectivity index (χ0n) is 7.85. The summed E-state index contributed by atoms with van der Waals surface area (Å²) in [5.41, 5.74) is -1.81. The molecule has 0 unspecified atom stereocenters. The highest BCUT2D eigenvalue weighted by Crippen LogP contribution is 2.28. The van der Waals surface area contributed by atoms with Crippen LogP contribution in [0.25, 0.3) is 0 Å². The zero-order chi connectivity index (χ0) is 11.4. The van der Waals surface area contributed by atoms with Gasteiger partial charge in [0.25, 0.3) is 0 Å². The first kappa shape index (κ1) is 12.3. The van der Waals surface area contributed by atoms with Gasteiger partial charge in [0.05, 0.1) is 0 Å². The van der Waals surface area contributed by atoms with Gasteiger partial charge >= 0.3 is 17.0 Å². The first-order valence-electron chi connectivity index (χ1n) is 4.01. The maximum absolute atomic E-state index is 11.1. The van der Waals surface area contributed by atoms with Gasteiger partial charge < -0.3 is 5.11 Å². The predicted octanol–water partition coefficient (Wildman–Crippen LogP) is 0.612. The quantitative estimate of drug-likeness (QED) is 0.400. The summed E-state index contributed by atoms with van der Waals surface area (Å²) in [6, 6.07) is 0. The Kier molecular flexibility index (Phi) is 4.00. The van der Waals surface area contributed by atoms with Gasteiger partial charge in [-0.2, -0.15) is 0 Å². The molecule has 14 heavy (non-hydrogen) atoms. The van der Waals surface area contributed by atoms with Gasteiger partial charge in [0.2, 0.25) is 0 Å². The normalized spacial score (nSPS) is 10.7. The summed E-state index contributed by atoms with van der Waals surface area (Å²) >= 11 is 0. The van der Waals surface area contributed by atoms with Gasteiger partial charge in [-0.05, 0) is 12.8 Å². The Morgan fingerprint density at radius 3 is 2.07 bits per heavy atom. The fourth-order valence-electron chi connectivity index (χ4n) is 1.08. The highest BCUT2D eigenvalue weighted by atomic mass is 17.0. The van der Waals surface area contributed by atoms with Crippen LogP contribution in [-0.2, 0) is 14.4 Å². The molecule has 0 radical (unpaired) electrons. The monoisotopic (exact) mass is 205 g/mol. The molecule has 7 nitrogen and oxygen atoms in total. The Bertz CT molecular complexity index is 257. The van der Waals surface area contributed by atoms with Crippen molar-refractivity contribution in [3.05, 3.63) is 10.1 Å². The first-order chi connectivity index (χ1) is 6.40. The van der Waals surface area contributed by atoms with Crippen molar-refractivity contribution in [3.8, 4) is 0 Å². The average Bonchev–Trinajstić information content (AvgIpc) is 2.05. The van der Waals surface area contributed by atoms with Crippen molar-refractivity contribution in [2.45, 2.75) is 26.7 Å². The van der Waals surface area contributed by atoms with Crippen molar-refractivity contribution in [1.29, 1.82) is 0 Å². The Hall–Kier alpha value is -1.66. The van der Waals surface area contributed by atoms with Crippen LogP contribution < -0.4 is 0 Å². The molecule has 0 saturated carbocycles. The molecule has 0 aromatic heterocycles. The van der Waals surface area contributed by atoms with Crippen LogP contribution in [0.1, 0.15) is 26.7 Å². The van der Waals surface area contributed by atoms with E-state index in [0.717, 1.165) is 0 Å². The van der Waals surface area contributed by atoms with E-state index in [1.165, 1.54) is 13.8 Å². The second-order valence-corrected chi connectivity index (χ2v) is 2.70. The number of carboxylic acid groups (broad SMARTS) is 1. The molecule has 0 aliphatic carbocycles. The first-order valence-corrected chi connectivity index (χ1v) is 4.01. The predicted molar refractivity (Wildman–Crippen MR) is 43.7 cm³/mol. The average molecular weight is 205 g/mol. The zero-order valence-corrected chi connectivity index (χ0v) is 7.85. The van der Waals surface area contributed by atoms with Gasteiger partial charge in [-0.25, -0.2) is 4.84 Å². The third-order valence-electron chi connectivity index (χ3n) is 2.16. The fraction of sp³-hybridized carbons (Fsp3) is 0.714. The molecule has 0 heterocycles. The summed E-state index contributed by atoms with van der Waals surface area (Å²) < 4.78 is 0. The van der Waals surface area contributed by atoms with Crippen LogP contribution in [0.4, 0.5) is 0 Å². The van der Waals surface area contributed by atoms with Crippen molar-refractivity contribution in [2.24, 2.45) is 5.41 Å². The lowest BCUT2D eigenvalue weighted by molar-refractivity contribution is -0.730. The number of rotatable bonds is 5. The highest BCUT2D eigenvalue weighted by Gasteiger charge is 2.45. The van der Waals surface area contributed by atoms with Crippen molar-refractivity contribution >= 4 is 11.9 Å². The molecule has 1 N–H and O–H groups in total. The molecule has 0 saturated heterocycles. The molecule has 0 fully saturated rings. The molecule has 0 bridgehead atoms. The molecule has 0 aromatic rings. The summed E-state index contributed by atoms with van der Waals surface area (Å²) in [4.78, 5) is 35.5. The Morgan fingerprint density at radius 1 is 1.43 bits per heavy atom. The van der Waals surface area contributed by atoms with Gasteiger partial charge in [-0.15, -0.1) is 10.1 Å². The lowest BCUT2D eigenvalue weighted by Crippen LogP contribution is -2.40. The smallest absolute Gasteiger partial charge is 0.321 e. The molecule has 0 aliphatic rings. The molecule has 0 amide bonds. The van der Waals surface area contributed by atoms with Crippen molar-refractivity contribution in [3.63, 3.8) is 0 Å². The minimum Gasteiger partial charge on any atom is -0.480 e. The number of aliphatic carboxylic acids is 1. The highest BCUT2D eigenvalue weighted by molar-refractivity contribution is 5.98. The maximum atomic E-state index is 11.1. The summed E-state index contributed by atoms with van der Waals surface area (Å²) in [6.45, 7) is 2.91. The van der Waals surface area contributed by atoms with E-state index in [4.69, 9.17) is 5.11 Å². The van der Waals surface area contributed by atoms with Crippen LogP contribution in [0.5, 0.6) is 0 Å². The number of hydrogen-bond donors (Lipinski definition) is 1. The molecule has 0 spiro atoms. The van der Waals surface area contributed by atoms with E-state index in [1.807, 2.05) is 0 Å². The van der Waals surface area contributed by atoms with Gasteiger partial charge in [-0.1, -0.05) is 13.8 Å².